The van der Waals surface area contributed by atoms with E-state index in [-0.39, 0.29) is 0 Å². The molecular formula is C15H23Cl2N3O. The van der Waals surface area contributed by atoms with Gasteiger partial charge in [0.2, 0.25) is 0 Å². The van der Waals surface area contributed by atoms with Crippen molar-refractivity contribution in [1.82, 2.24) is 15.5 Å². The third-order valence-electron chi connectivity index (χ3n) is 3.49. The van der Waals surface area contributed by atoms with Crippen molar-refractivity contribution in [3.05, 3.63) is 27.7 Å². The van der Waals surface area contributed by atoms with Crippen molar-refractivity contribution in [3.8, 4) is 5.75 Å². The molecule has 1 saturated heterocycles. The normalized spacial score (nSPS) is 16.1. The second-order valence-corrected chi connectivity index (χ2v) is 5.90. The number of nitrogens with zero attached hydrogens (tertiary/aromatic N) is 1. The topological polar surface area (TPSA) is 36.5 Å². The maximum atomic E-state index is 6.20. The number of piperazine rings is 1. The van der Waals surface area contributed by atoms with Crippen molar-refractivity contribution < 1.29 is 4.74 Å². The van der Waals surface area contributed by atoms with Gasteiger partial charge in [0, 0.05) is 45.8 Å². The van der Waals surface area contributed by atoms with Gasteiger partial charge in [-0.05, 0) is 24.6 Å². The van der Waals surface area contributed by atoms with Crippen molar-refractivity contribution in [1.29, 1.82) is 0 Å². The van der Waals surface area contributed by atoms with Crippen LogP contribution >= 0.6 is 23.2 Å². The highest BCUT2D eigenvalue weighted by atomic mass is 35.5. The van der Waals surface area contributed by atoms with Gasteiger partial charge in [0.05, 0.1) is 16.7 Å². The zero-order valence-corrected chi connectivity index (χ0v) is 13.9. The number of hydrogen-bond donors (Lipinski definition) is 2. The van der Waals surface area contributed by atoms with Crippen LogP contribution in [0.4, 0.5) is 0 Å². The van der Waals surface area contributed by atoms with Crippen LogP contribution in [-0.4, -0.2) is 50.8 Å². The minimum Gasteiger partial charge on any atom is -0.491 e. The standard InChI is InChI=1S/C15H23Cl2N3O/c1-2-21-15-13(16)9-12(10-14(15)17)11-19-5-8-20-6-3-18-4-7-20/h9-10,18-19H,2-8,11H2,1H3. The summed E-state index contributed by atoms with van der Waals surface area (Å²) >= 11 is 12.4. The number of benzene rings is 1. The molecule has 0 spiro atoms. The van der Waals surface area contributed by atoms with Crippen LogP contribution in [0.3, 0.4) is 0 Å². The molecule has 1 aromatic rings. The van der Waals surface area contributed by atoms with Gasteiger partial charge in [-0.25, -0.2) is 0 Å². The van der Waals surface area contributed by atoms with Crippen LogP contribution in [0.5, 0.6) is 5.75 Å². The molecule has 1 fully saturated rings. The van der Waals surface area contributed by atoms with E-state index in [1.807, 2.05) is 19.1 Å². The van der Waals surface area contributed by atoms with E-state index in [9.17, 15) is 0 Å². The van der Waals surface area contributed by atoms with E-state index in [2.05, 4.69) is 15.5 Å². The highest BCUT2D eigenvalue weighted by Gasteiger charge is 2.10. The van der Waals surface area contributed by atoms with Gasteiger partial charge in [-0.15, -0.1) is 0 Å². The molecule has 118 valence electrons. The van der Waals surface area contributed by atoms with Crippen molar-refractivity contribution >= 4 is 23.2 Å². The minimum atomic E-state index is 0.557. The molecular weight excluding hydrogens is 309 g/mol. The zero-order valence-electron chi connectivity index (χ0n) is 12.4. The predicted molar refractivity (Wildman–Crippen MR) is 88.6 cm³/mol. The first-order chi connectivity index (χ1) is 10.2. The summed E-state index contributed by atoms with van der Waals surface area (Å²) in [6, 6.07) is 3.83. The Kier molecular flexibility index (Phi) is 7.07. The molecule has 1 heterocycles. The zero-order chi connectivity index (χ0) is 15.1. The van der Waals surface area contributed by atoms with E-state index in [1.165, 1.54) is 0 Å². The molecule has 0 saturated carbocycles. The Hall–Kier alpha value is -0.520. The quantitative estimate of drug-likeness (QED) is 0.752. The fourth-order valence-corrected chi connectivity index (χ4v) is 3.04. The average molecular weight is 332 g/mol. The number of halogens is 2. The van der Waals surface area contributed by atoms with Crippen LogP contribution in [0, 0.1) is 0 Å². The van der Waals surface area contributed by atoms with E-state index in [1.54, 1.807) is 0 Å². The Labute approximate surface area is 136 Å². The molecule has 0 aromatic heterocycles. The van der Waals surface area contributed by atoms with Crippen LogP contribution in [0.25, 0.3) is 0 Å². The summed E-state index contributed by atoms with van der Waals surface area (Å²) in [5.74, 6) is 0.574. The summed E-state index contributed by atoms with van der Waals surface area (Å²) in [5, 5.41) is 7.94. The molecule has 0 bridgehead atoms. The second kappa shape index (κ2) is 8.81. The molecule has 6 heteroatoms. The van der Waals surface area contributed by atoms with Gasteiger partial charge in [0.25, 0.3) is 0 Å². The maximum Gasteiger partial charge on any atom is 0.156 e. The first kappa shape index (κ1) is 16.8. The number of ether oxygens (including phenoxy) is 1. The van der Waals surface area contributed by atoms with E-state index in [4.69, 9.17) is 27.9 Å². The van der Waals surface area contributed by atoms with Crippen LogP contribution < -0.4 is 15.4 Å². The van der Waals surface area contributed by atoms with Gasteiger partial charge in [0.15, 0.2) is 5.75 Å². The average Bonchev–Trinajstić information content (AvgIpc) is 2.48. The van der Waals surface area contributed by atoms with E-state index in [0.717, 1.165) is 51.4 Å². The molecule has 4 nitrogen and oxygen atoms in total. The summed E-state index contributed by atoms with van der Waals surface area (Å²) < 4.78 is 5.43. The Balaban J connectivity index is 1.77. The molecule has 0 unspecified atom stereocenters. The first-order valence-corrected chi connectivity index (χ1v) is 8.20. The van der Waals surface area contributed by atoms with Crippen LogP contribution in [0.1, 0.15) is 12.5 Å². The van der Waals surface area contributed by atoms with E-state index in [0.29, 0.717) is 22.4 Å². The largest absolute Gasteiger partial charge is 0.491 e. The van der Waals surface area contributed by atoms with Gasteiger partial charge >= 0.3 is 0 Å². The molecule has 1 aliphatic rings. The van der Waals surface area contributed by atoms with Crippen LogP contribution in [-0.2, 0) is 6.54 Å². The summed E-state index contributed by atoms with van der Waals surface area (Å²) in [7, 11) is 0. The molecule has 0 amide bonds. The molecule has 2 N–H and O–H groups in total. The molecule has 1 aromatic carbocycles. The monoisotopic (exact) mass is 331 g/mol. The lowest BCUT2D eigenvalue weighted by atomic mass is 10.2. The smallest absolute Gasteiger partial charge is 0.156 e. The second-order valence-electron chi connectivity index (χ2n) is 5.09. The molecule has 2 rings (SSSR count). The van der Waals surface area contributed by atoms with Gasteiger partial charge in [-0.3, -0.25) is 4.90 Å². The molecule has 0 atom stereocenters. The number of nitrogens with one attached hydrogen (secondary N) is 2. The predicted octanol–water partition coefficient (Wildman–Crippen LogP) is 2.39. The molecule has 0 radical (unpaired) electrons. The summed E-state index contributed by atoms with van der Waals surface area (Å²) in [5.41, 5.74) is 1.08. The van der Waals surface area contributed by atoms with Crippen molar-refractivity contribution in [3.63, 3.8) is 0 Å². The fraction of sp³-hybridized carbons (Fsp3) is 0.600. The van der Waals surface area contributed by atoms with Crippen molar-refractivity contribution in [2.75, 3.05) is 45.9 Å². The third kappa shape index (κ3) is 5.31. The van der Waals surface area contributed by atoms with Crippen LogP contribution in [0.15, 0.2) is 12.1 Å². The van der Waals surface area contributed by atoms with Crippen molar-refractivity contribution in [2.45, 2.75) is 13.5 Å². The lowest BCUT2D eigenvalue weighted by molar-refractivity contribution is 0.241. The van der Waals surface area contributed by atoms with Gasteiger partial charge in [0.1, 0.15) is 0 Å². The van der Waals surface area contributed by atoms with E-state index < -0.39 is 0 Å². The Bertz CT molecular complexity index is 428. The van der Waals surface area contributed by atoms with Gasteiger partial charge in [-0.1, -0.05) is 23.2 Å². The fourth-order valence-electron chi connectivity index (χ4n) is 2.40. The summed E-state index contributed by atoms with van der Waals surface area (Å²) in [4.78, 5) is 2.46. The lowest BCUT2D eigenvalue weighted by Crippen LogP contribution is -2.45. The Morgan fingerprint density at radius 3 is 2.52 bits per heavy atom. The summed E-state index contributed by atoms with van der Waals surface area (Å²) in [6.07, 6.45) is 0. The highest BCUT2D eigenvalue weighted by Crippen LogP contribution is 2.34. The molecule has 1 aliphatic heterocycles. The Morgan fingerprint density at radius 2 is 1.90 bits per heavy atom. The number of rotatable bonds is 7. The maximum absolute atomic E-state index is 6.20. The van der Waals surface area contributed by atoms with Gasteiger partial charge in [-0.2, -0.15) is 0 Å². The minimum absolute atomic E-state index is 0.557. The van der Waals surface area contributed by atoms with Crippen LogP contribution in [0.2, 0.25) is 10.0 Å². The Morgan fingerprint density at radius 1 is 1.24 bits per heavy atom. The summed E-state index contributed by atoms with van der Waals surface area (Å²) in [6.45, 7) is 9.69. The molecule has 0 aliphatic carbocycles. The van der Waals surface area contributed by atoms with E-state index >= 15 is 0 Å². The third-order valence-corrected chi connectivity index (χ3v) is 4.05. The van der Waals surface area contributed by atoms with Crippen molar-refractivity contribution in [2.24, 2.45) is 0 Å². The number of hydrogen-bond acceptors (Lipinski definition) is 4. The van der Waals surface area contributed by atoms with Gasteiger partial charge < -0.3 is 15.4 Å². The SMILES string of the molecule is CCOc1c(Cl)cc(CNCCN2CCNCC2)cc1Cl. The highest BCUT2D eigenvalue weighted by molar-refractivity contribution is 6.37. The molecule has 21 heavy (non-hydrogen) atoms. The lowest BCUT2D eigenvalue weighted by Gasteiger charge is -2.27. The first-order valence-electron chi connectivity index (χ1n) is 7.45.